The van der Waals surface area contributed by atoms with Gasteiger partial charge in [0.05, 0.1) is 16.9 Å². The maximum atomic E-state index is 11.6. The SMILES string of the molecule is Cc1cc(=O)oc2cc(OCc3cnn(-c4ccccc4)c3)c(Cl)cc12. The zero-order chi connectivity index (χ0) is 18.1. The number of halogens is 1. The van der Waals surface area contributed by atoms with E-state index in [1.807, 2.05) is 43.5 Å². The van der Waals surface area contributed by atoms with Crippen molar-refractivity contribution >= 4 is 22.6 Å². The molecule has 130 valence electrons. The average Bonchev–Trinajstić information content (AvgIpc) is 3.10. The van der Waals surface area contributed by atoms with Gasteiger partial charge in [0, 0.05) is 29.3 Å². The quantitative estimate of drug-likeness (QED) is 0.498. The highest BCUT2D eigenvalue weighted by atomic mass is 35.5. The summed E-state index contributed by atoms with van der Waals surface area (Å²) in [5.74, 6) is 0.459. The highest BCUT2D eigenvalue weighted by molar-refractivity contribution is 6.32. The summed E-state index contributed by atoms with van der Waals surface area (Å²) in [5.41, 5.74) is 2.74. The lowest BCUT2D eigenvalue weighted by Gasteiger charge is -2.09. The summed E-state index contributed by atoms with van der Waals surface area (Å²) in [7, 11) is 0. The third-order valence-corrected chi connectivity index (χ3v) is 4.35. The van der Waals surface area contributed by atoms with Crippen molar-refractivity contribution in [2.75, 3.05) is 0 Å². The normalized spacial score (nSPS) is 11.0. The topological polar surface area (TPSA) is 57.3 Å². The van der Waals surface area contributed by atoms with Crippen LogP contribution in [0.1, 0.15) is 11.1 Å². The van der Waals surface area contributed by atoms with Crippen molar-refractivity contribution < 1.29 is 9.15 Å². The third-order valence-electron chi connectivity index (χ3n) is 4.05. The molecule has 6 heteroatoms. The number of rotatable bonds is 4. The number of fused-ring (bicyclic) bond motifs is 1. The Labute approximate surface area is 154 Å². The molecular formula is C20H15ClN2O3. The van der Waals surface area contributed by atoms with Crippen LogP contribution in [0, 0.1) is 6.92 Å². The predicted molar refractivity (Wildman–Crippen MR) is 100 cm³/mol. The minimum Gasteiger partial charge on any atom is -0.487 e. The lowest BCUT2D eigenvalue weighted by atomic mass is 10.1. The highest BCUT2D eigenvalue weighted by Gasteiger charge is 2.10. The number of benzene rings is 2. The van der Waals surface area contributed by atoms with Crippen molar-refractivity contribution in [3.05, 3.63) is 87.5 Å². The van der Waals surface area contributed by atoms with Crippen molar-refractivity contribution in [1.82, 2.24) is 9.78 Å². The molecule has 2 heterocycles. The second-order valence-electron chi connectivity index (χ2n) is 5.94. The molecule has 0 atom stereocenters. The molecule has 0 aliphatic heterocycles. The van der Waals surface area contributed by atoms with Gasteiger partial charge in [0.25, 0.3) is 0 Å². The van der Waals surface area contributed by atoms with Crippen LogP contribution >= 0.6 is 11.6 Å². The number of nitrogens with zero attached hydrogens (tertiary/aromatic N) is 2. The molecule has 0 N–H and O–H groups in total. The van der Waals surface area contributed by atoms with Crippen LogP contribution in [-0.2, 0) is 6.61 Å². The van der Waals surface area contributed by atoms with E-state index >= 15 is 0 Å². The minimum atomic E-state index is -0.396. The van der Waals surface area contributed by atoms with Crippen LogP contribution in [0.2, 0.25) is 5.02 Å². The molecule has 0 saturated heterocycles. The summed E-state index contributed by atoms with van der Waals surface area (Å²) in [5, 5.41) is 5.59. The highest BCUT2D eigenvalue weighted by Crippen LogP contribution is 2.31. The second kappa shape index (κ2) is 6.69. The molecule has 0 aliphatic rings. The van der Waals surface area contributed by atoms with Crippen LogP contribution in [0.4, 0.5) is 0 Å². The Kier molecular flexibility index (Phi) is 4.22. The van der Waals surface area contributed by atoms with Gasteiger partial charge in [0.1, 0.15) is 17.9 Å². The number of hydrogen-bond acceptors (Lipinski definition) is 4. The predicted octanol–water partition coefficient (Wildman–Crippen LogP) is 4.52. The largest absolute Gasteiger partial charge is 0.487 e. The molecule has 0 bridgehead atoms. The molecular weight excluding hydrogens is 352 g/mol. The zero-order valence-electron chi connectivity index (χ0n) is 14.0. The lowest BCUT2D eigenvalue weighted by Crippen LogP contribution is -1.99. The van der Waals surface area contributed by atoms with Crippen LogP contribution in [0.3, 0.4) is 0 Å². The molecule has 0 fully saturated rings. The maximum absolute atomic E-state index is 11.6. The van der Waals surface area contributed by atoms with Gasteiger partial charge in [-0.2, -0.15) is 5.10 Å². The third kappa shape index (κ3) is 3.21. The van der Waals surface area contributed by atoms with Crippen molar-refractivity contribution in [1.29, 1.82) is 0 Å². The fourth-order valence-corrected chi connectivity index (χ4v) is 2.97. The van der Waals surface area contributed by atoms with Crippen molar-refractivity contribution in [3.63, 3.8) is 0 Å². The first kappa shape index (κ1) is 16.4. The minimum absolute atomic E-state index is 0.300. The van der Waals surface area contributed by atoms with E-state index in [2.05, 4.69) is 5.10 Å². The molecule has 0 aliphatic carbocycles. The van der Waals surface area contributed by atoms with Gasteiger partial charge in [0.2, 0.25) is 0 Å². The van der Waals surface area contributed by atoms with Gasteiger partial charge >= 0.3 is 5.63 Å². The van der Waals surface area contributed by atoms with Crippen LogP contribution in [0.5, 0.6) is 5.75 Å². The van der Waals surface area contributed by atoms with E-state index in [4.69, 9.17) is 20.8 Å². The molecule has 4 aromatic rings. The van der Waals surface area contributed by atoms with Crippen molar-refractivity contribution in [2.24, 2.45) is 0 Å². The molecule has 0 unspecified atom stereocenters. The molecule has 0 amide bonds. The van der Waals surface area contributed by atoms with E-state index in [-0.39, 0.29) is 0 Å². The summed E-state index contributed by atoms with van der Waals surface area (Å²) in [4.78, 5) is 11.6. The fraction of sp³-hybridized carbons (Fsp3) is 0.100. The monoisotopic (exact) mass is 366 g/mol. The summed E-state index contributed by atoms with van der Waals surface area (Å²) in [6.45, 7) is 2.14. The van der Waals surface area contributed by atoms with E-state index in [1.165, 1.54) is 6.07 Å². The molecule has 2 aromatic heterocycles. The van der Waals surface area contributed by atoms with Crippen LogP contribution in [0.15, 0.2) is 70.1 Å². The van der Waals surface area contributed by atoms with Crippen molar-refractivity contribution in [2.45, 2.75) is 13.5 Å². The summed E-state index contributed by atoms with van der Waals surface area (Å²) < 4.78 is 12.8. The Morgan fingerprint density at radius 1 is 1.19 bits per heavy atom. The Bertz CT molecular complexity index is 1130. The average molecular weight is 367 g/mol. The number of para-hydroxylation sites is 1. The van der Waals surface area contributed by atoms with E-state index in [0.29, 0.717) is 23.0 Å². The molecule has 5 nitrogen and oxygen atoms in total. The number of hydrogen-bond donors (Lipinski definition) is 0. The zero-order valence-corrected chi connectivity index (χ0v) is 14.7. The van der Waals surface area contributed by atoms with Gasteiger partial charge in [-0.25, -0.2) is 9.48 Å². The Hall–Kier alpha value is -3.05. The first-order valence-corrected chi connectivity index (χ1v) is 8.44. The molecule has 0 radical (unpaired) electrons. The smallest absolute Gasteiger partial charge is 0.336 e. The van der Waals surface area contributed by atoms with Crippen molar-refractivity contribution in [3.8, 4) is 11.4 Å². The van der Waals surface area contributed by atoms with Gasteiger partial charge in [-0.05, 0) is 30.7 Å². The first-order valence-electron chi connectivity index (χ1n) is 8.06. The molecule has 4 rings (SSSR count). The molecule has 2 aromatic carbocycles. The van der Waals surface area contributed by atoms with Gasteiger partial charge < -0.3 is 9.15 Å². The Balaban J connectivity index is 1.57. The van der Waals surface area contributed by atoms with Gasteiger partial charge in [0.15, 0.2) is 0 Å². The van der Waals surface area contributed by atoms with Gasteiger partial charge in [-0.3, -0.25) is 0 Å². The standard InChI is InChI=1S/C20H15ClN2O3/c1-13-7-20(24)26-18-9-19(17(21)8-16(13)18)25-12-14-10-22-23(11-14)15-5-3-2-4-6-15/h2-11H,12H2,1H3. The molecule has 26 heavy (non-hydrogen) atoms. The fourth-order valence-electron chi connectivity index (χ4n) is 2.75. The molecule has 0 saturated carbocycles. The number of aromatic nitrogens is 2. The lowest BCUT2D eigenvalue weighted by molar-refractivity contribution is 0.306. The molecule has 0 spiro atoms. The summed E-state index contributed by atoms with van der Waals surface area (Å²) >= 11 is 6.32. The second-order valence-corrected chi connectivity index (χ2v) is 6.35. The first-order chi connectivity index (χ1) is 12.6. The van der Waals surface area contributed by atoms with Crippen LogP contribution in [0.25, 0.3) is 16.7 Å². The van der Waals surface area contributed by atoms with Gasteiger partial charge in [-0.1, -0.05) is 29.8 Å². The number of aryl methyl sites for hydroxylation is 1. The Morgan fingerprint density at radius 3 is 2.81 bits per heavy atom. The maximum Gasteiger partial charge on any atom is 0.336 e. The summed E-state index contributed by atoms with van der Waals surface area (Å²) in [6.07, 6.45) is 3.64. The van der Waals surface area contributed by atoms with E-state index in [0.717, 1.165) is 22.2 Å². The summed E-state index contributed by atoms with van der Waals surface area (Å²) in [6, 6.07) is 14.7. The Morgan fingerprint density at radius 2 is 2.00 bits per heavy atom. The van der Waals surface area contributed by atoms with Gasteiger partial charge in [-0.15, -0.1) is 0 Å². The van der Waals surface area contributed by atoms with E-state index in [1.54, 1.807) is 23.0 Å². The van der Waals surface area contributed by atoms with E-state index in [9.17, 15) is 4.79 Å². The van der Waals surface area contributed by atoms with Crippen LogP contribution < -0.4 is 10.4 Å². The number of ether oxygens (including phenoxy) is 1. The van der Waals surface area contributed by atoms with E-state index < -0.39 is 5.63 Å². The van der Waals surface area contributed by atoms with Crippen LogP contribution in [-0.4, -0.2) is 9.78 Å².